The standard InChI is InChI=1S/C18H18F4N2O/c1-24(11-15-4-2-3-5-16(15)19)10-13-6-8-14(9-7-13)17(25)23-12-18(20,21)22/h2-9H,10-12H2,1H3,(H,23,25). The van der Waals surface area contributed by atoms with E-state index in [1.165, 1.54) is 18.2 Å². The van der Waals surface area contributed by atoms with Gasteiger partial charge in [0, 0.05) is 24.2 Å². The van der Waals surface area contributed by atoms with Crippen molar-refractivity contribution in [2.75, 3.05) is 13.6 Å². The van der Waals surface area contributed by atoms with Gasteiger partial charge in [0.25, 0.3) is 5.91 Å². The molecule has 0 saturated heterocycles. The van der Waals surface area contributed by atoms with E-state index in [1.807, 2.05) is 17.3 Å². The van der Waals surface area contributed by atoms with Gasteiger partial charge in [-0.1, -0.05) is 30.3 Å². The predicted molar refractivity (Wildman–Crippen MR) is 86.4 cm³/mol. The fourth-order valence-electron chi connectivity index (χ4n) is 2.33. The molecule has 1 amide bonds. The van der Waals surface area contributed by atoms with Crippen molar-refractivity contribution in [3.8, 4) is 0 Å². The molecule has 2 rings (SSSR count). The summed E-state index contributed by atoms with van der Waals surface area (Å²) < 4.78 is 49.9. The molecule has 7 heteroatoms. The number of carbonyl (C=O) groups is 1. The van der Waals surface area contributed by atoms with Crippen molar-refractivity contribution in [2.45, 2.75) is 19.3 Å². The molecule has 0 unspecified atom stereocenters. The van der Waals surface area contributed by atoms with Gasteiger partial charge in [-0.3, -0.25) is 9.69 Å². The lowest BCUT2D eigenvalue weighted by molar-refractivity contribution is -0.123. The highest BCUT2D eigenvalue weighted by Gasteiger charge is 2.27. The maximum Gasteiger partial charge on any atom is 0.405 e. The topological polar surface area (TPSA) is 32.3 Å². The molecular formula is C18H18F4N2O. The van der Waals surface area contributed by atoms with Crippen LogP contribution in [-0.4, -0.2) is 30.6 Å². The zero-order chi connectivity index (χ0) is 18.4. The third-order valence-electron chi connectivity index (χ3n) is 3.52. The molecule has 0 spiro atoms. The summed E-state index contributed by atoms with van der Waals surface area (Å²) in [6.07, 6.45) is -4.44. The van der Waals surface area contributed by atoms with E-state index < -0.39 is 18.6 Å². The second-order valence-electron chi connectivity index (χ2n) is 5.76. The minimum absolute atomic E-state index is 0.157. The Morgan fingerprint density at radius 3 is 2.28 bits per heavy atom. The van der Waals surface area contributed by atoms with Gasteiger partial charge in [0.1, 0.15) is 12.4 Å². The van der Waals surface area contributed by atoms with E-state index in [9.17, 15) is 22.4 Å². The predicted octanol–water partition coefficient (Wildman–Crippen LogP) is 3.75. The second-order valence-corrected chi connectivity index (χ2v) is 5.76. The molecule has 2 aromatic carbocycles. The van der Waals surface area contributed by atoms with Crippen LogP contribution in [0.4, 0.5) is 17.6 Å². The Balaban J connectivity index is 1.91. The third kappa shape index (κ3) is 6.19. The van der Waals surface area contributed by atoms with Gasteiger partial charge >= 0.3 is 6.18 Å². The summed E-state index contributed by atoms with van der Waals surface area (Å²) in [5, 5.41) is 1.82. The molecule has 0 bridgehead atoms. The molecule has 0 heterocycles. The van der Waals surface area contributed by atoms with E-state index in [0.29, 0.717) is 18.7 Å². The number of nitrogens with zero attached hydrogens (tertiary/aromatic N) is 1. The maximum atomic E-state index is 13.6. The number of hydrogen-bond acceptors (Lipinski definition) is 2. The van der Waals surface area contributed by atoms with Gasteiger partial charge in [-0.15, -0.1) is 0 Å². The molecule has 0 aliphatic carbocycles. The Labute approximate surface area is 143 Å². The van der Waals surface area contributed by atoms with Gasteiger partial charge in [-0.2, -0.15) is 13.2 Å². The lowest BCUT2D eigenvalue weighted by Crippen LogP contribution is -2.33. The molecule has 0 aliphatic rings. The summed E-state index contributed by atoms with van der Waals surface area (Å²) in [5.41, 5.74) is 1.60. The summed E-state index contributed by atoms with van der Waals surface area (Å²) in [6, 6.07) is 12.8. The monoisotopic (exact) mass is 354 g/mol. The van der Waals surface area contributed by atoms with Crippen molar-refractivity contribution < 1.29 is 22.4 Å². The lowest BCUT2D eigenvalue weighted by Gasteiger charge is -2.17. The molecule has 0 saturated carbocycles. The second kappa shape index (κ2) is 8.11. The molecule has 0 atom stereocenters. The highest BCUT2D eigenvalue weighted by atomic mass is 19.4. The van der Waals surface area contributed by atoms with Crippen LogP contribution in [0.3, 0.4) is 0 Å². The van der Waals surface area contributed by atoms with Crippen LogP contribution in [-0.2, 0) is 13.1 Å². The summed E-state index contributed by atoms with van der Waals surface area (Å²) >= 11 is 0. The molecule has 0 aliphatic heterocycles. The molecule has 1 N–H and O–H groups in total. The van der Waals surface area contributed by atoms with Crippen LogP contribution in [0.25, 0.3) is 0 Å². The minimum Gasteiger partial charge on any atom is -0.343 e. The van der Waals surface area contributed by atoms with E-state index in [0.717, 1.165) is 5.56 Å². The molecule has 25 heavy (non-hydrogen) atoms. The SMILES string of the molecule is CN(Cc1ccc(C(=O)NCC(F)(F)F)cc1)Cc1ccccc1F. The van der Waals surface area contributed by atoms with Crippen molar-refractivity contribution >= 4 is 5.91 Å². The molecule has 0 radical (unpaired) electrons. The Morgan fingerprint density at radius 1 is 1.04 bits per heavy atom. The average Bonchev–Trinajstić information content (AvgIpc) is 2.55. The van der Waals surface area contributed by atoms with Crippen LogP contribution in [0.5, 0.6) is 0 Å². The van der Waals surface area contributed by atoms with Gasteiger partial charge in [0.2, 0.25) is 0 Å². The van der Waals surface area contributed by atoms with Crippen LogP contribution in [0.2, 0.25) is 0 Å². The first-order chi connectivity index (χ1) is 11.7. The highest BCUT2D eigenvalue weighted by molar-refractivity contribution is 5.94. The van der Waals surface area contributed by atoms with Gasteiger partial charge in [0.15, 0.2) is 0 Å². The molecule has 0 fully saturated rings. The van der Waals surface area contributed by atoms with Crippen molar-refractivity contribution in [3.63, 3.8) is 0 Å². The van der Waals surface area contributed by atoms with Crippen molar-refractivity contribution in [1.29, 1.82) is 0 Å². The van der Waals surface area contributed by atoms with Gasteiger partial charge in [-0.05, 0) is 30.8 Å². The third-order valence-corrected chi connectivity index (χ3v) is 3.52. The Kier molecular flexibility index (Phi) is 6.14. The number of rotatable bonds is 6. The van der Waals surface area contributed by atoms with E-state index in [4.69, 9.17) is 0 Å². The first-order valence-corrected chi connectivity index (χ1v) is 7.60. The Morgan fingerprint density at radius 2 is 1.68 bits per heavy atom. The lowest BCUT2D eigenvalue weighted by atomic mass is 10.1. The molecule has 134 valence electrons. The molecule has 2 aromatic rings. The summed E-state index contributed by atoms with van der Waals surface area (Å²) in [4.78, 5) is 13.5. The van der Waals surface area contributed by atoms with Gasteiger partial charge in [0.05, 0.1) is 0 Å². The smallest absolute Gasteiger partial charge is 0.343 e. The number of hydrogen-bond donors (Lipinski definition) is 1. The fourth-order valence-corrected chi connectivity index (χ4v) is 2.33. The minimum atomic E-state index is -4.44. The zero-order valence-electron chi connectivity index (χ0n) is 13.6. The number of carbonyl (C=O) groups excluding carboxylic acids is 1. The number of benzene rings is 2. The van der Waals surface area contributed by atoms with Gasteiger partial charge < -0.3 is 5.32 Å². The van der Waals surface area contributed by atoms with Gasteiger partial charge in [-0.25, -0.2) is 4.39 Å². The van der Waals surface area contributed by atoms with E-state index in [1.54, 1.807) is 30.3 Å². The van der Waals surface area contributed by atoms with Crippen LogP contribution in [0.15, 0.2) is 48.5 Å². The zero-order valence-corrected chi connectivity index (χ0v) is 13.6. The normalized spacial score (nSPS) is 11.6. The van der Waals surface area contributed by atoms with Crippen LogP contribution >= 0.6 is 0 Å². The van der Waals surface area contributed by atoms with Crippen LogP contribution in [0.1, 0.15) is 21.5 Å². The maximum absolute atomic E-state index is 13.6. The number of halogens is 4. The van der Waals surface area contributed by atoms with Crippen LogP contribution in [0, 0.1) is 5.82 Å². The Hall–Kier alpha value is -2.41. The van der Waals surface area contributed by atoms with E-state index in [2.05, 4.69) is 0 Å². The largest absolute Gasteiger partial charge is 0.405 e. The quantitative estimate of drug-likeness (QED) is 0.802. The Bertz CT molecular complexity index is 714. The number of alkyl halides is 3. The van der Waals surface area contributed by atoms with Crippen molar-refractivity contribution in [2.24, 2.45) is 0 Å². The first-order valence-electron chi connectivity index (χ1n) is 7.60. The molecular weight excluding hydrogens is 336 g/mol. The molecule has 3 nitrogen and oxygen atoms in total. The highest BCUT2D eigenvalue weighted by Crippen LogP contribution is 2.14. The summed E-state index contributed by atoms with van der Waals surface area (Å²) in [7, 11) is 1.83. The molecule has 0 aromatic heterocycles. The average molecular weight is 354 g/mol. The van der Waals surface area contributed by atoms with Crippen LogP contribution < -0.4 is 5.32 Å². The number of amides is 1. The van der Waals surface area contributed by atoms with Crippen molar-refractivity contribution in [1.82, 2.24) is 10.2 Å². The van der Waals surface area contributed by atoms with E-state index >= 15 is 0 Å². The summed E-state index contributed by atoms with van der Waals surface area (Å²) in [5.74, 6) is -1.05. The first kappa shape index (κ1) is 18.9. The summed E-state index contributed by atoms with van der Waals surface area (Å²) in [6.45, 7) is -0.432. The fraction of sp³-hybridized carbons (Fsp3) is 0.278. The van der Waals surface area contributed by atoms with Crippen molar-refractivity contribution in [3.05, 3.63) is 71.0 Å². The number of nitrogens with one attached hydrogen (secondary N) is 1. The van der Waals surface area contributed by atoms with E-state index in [-0.39, 0.29) is 11.4 Å².